The molecule has 0 atom stereocenters. The third-order valence-electron chi connectivity index (χ3n) is 1.85. The summed E-state index contributed by atoms with van der Waals surface area (Å²) in [5.74, 6) is -0.368. The predicted octanol–water partition coefficient (Wildman–Crippen LogP) is 1.24. The van der Waals surface area contributed by atoms with Crippen LogP contribution < -0.4 is 5.32 Å². The first-order chi connectivity index (χ1) is 6.91. The number of carbonyl (C=O) groups excluding carboxylic acids is 2. The molecule has 0 radical (unpaired) electrons. The van der Waals surface area contributed by atoms with Crippen molar-refractivity contribution >= 4 is 28.7 Å². The van der Waals surface area contributed by atoms with Gasteiger partial charge in [0, 0.05) is 18.8 Å². The Bertz CT molecular complexity index is 374. The Hall–Kier alpha value is -1.30. The number of amides is 2. The summed E-state index contributed by atoms with van der Waals surface area (Å²) >= 11 is 1.35. The molecule has 0 fully saturated rings. The van der Waals surface area contributed by atoms with Crippen molar-refractivity contribution in [1.29, 1.82) is 0 Å². The third-order valence-corrected chi connectivity index (χ3v) is 2.83. The van der Waals surface area contributed by atoms with Crippen LogP contribution >= 0.6 is 11.8 Å². The Morgan fingerprint density at radius 2 is 1.93 bits per heavy atom. The molecule has 0 saturated heterocycles. The summed E-state index contributed by atoms with van der Waals surface area (Å²) < 4.78 is 0. The van der Waals surface area contributed by atoms with Gasteiger partial charge < -0.3 is 5.32 Å². The van der Waals surface area contributed by atoms with Crippen LogP contribution in [-0.4, -0.2) is 22.0 Å². The molecule has 2 amide bonds. The average molecular weight is 227 g/mol. The Morgan fingerprint density at radius 1 is 1.33 bits per heavy atom. The van der Waals surface area contributed by atoms with E-state index in [-0.39, 0.29) is 11.8 Å². The molecule has 1 aliphatic heterocycles. The van der Waals surface area contributed by atoms with Crippen molar-refractivity contribution in [2.45, 2.75) is 27.7 Å². The van der Waals surface area contributed by atoms with Gasteiger partial charge >= 0.3 is 0 Å². The van der Waals surface area contributed by atoms with E-state index >= 15 is 0 Å². The fourth-order valence-electron chi connectivity index (χ4n) is 1.06. The van der Waals surface area contributed by atoms with Crippen LogP contribution in [0.15, 0.2) is 15.7 Å². The number of nitrogens with one attached hydrogen (secondary N) is 1. The van der Waals surface area contributed by atoms with Gasteiger partial charge in [-0.3, -0.25) is 9.59 Å². The summed E-state index contributed by atoms with van der Waals surface area (Å²) in [4.78, 5) is 23.0. The number of rotatable bonds is 0. The number of carbonyl (C=O) groups is 2. The number of allylic oxidation sites excluding steroid dienone is 2. The number of hydrogen-bond acceptors (Lipinski definition) is 4. The maximum Gasteiger partial charge on any atom is 0.244 e. The van der Waals surface area contributed by atoms with Crippen molar-refractivity contribution in [1.82, 2.24) is 10.3 Å². The first-order valence-corrected chi connectivity index (χ1v) is 5.25. The van der Waals surface area contributed by atoms with Gasteiger partial charge in [-0.25, -0.2) is 5.01 Å². The molecule has 82 valence electrons. The average Bonchev–Trinajstić information content (AvgIpc) is 2.09. The molecule has 0 aromatic heterocycles. The first-order valence-electron chi connectivity index (χ1n) is 4.44. The second-order valence-corrected chi connectivity index (χ2v) is 4.36. The number of nitrogens with zero attached hydrogens (tertiary/aromatic N) is 2. The Morgan fingerprint density at radius 3 is 2.40 bits per heavy atom. The molecule has 1 aliphatic rings. The van der Waals surface area contributed by atoms with Crippen molar-refractivity contribution < 1.29 is 9.59 Å². The van der Waals surface area contributed by atoms with Crippen LogP contribution in [0.1, 0.15) is 27.7 Å². The van der Waals surface area contributed by atoms with E-state index in [2.05, 4.69) is 10.4 Å². The van der Waals surface area contributed by atoms with Crippen LogP contribution in [0.3, 0.4) is 0 Å². The maximum absolute atomic E-state index is 11.2. The molecule has 1 N–H and O–H groups in total. The highest BCUT2D eigenvalue weighted by Crippen LogP contribution is 2.27. The molecule has 5 nitrogen and oxygen atoms in total. The van der Waals surface area contributed by atoms with E-state index in [9.17, 15) is 9.59 Å². The largest absolute Gasteiger partial charge is 0.304 e. The van der Waals surface area contributed by atoms with E-state index in [0.717, 1.165) is 10.6 Å². The number of hydrogen-bond donors (Lipinski definition) is 1. The zero-order valence-corrected chi connectivity index (χ0v) is 9.94. The van der Waals surface area contributed by atoms with Gasteiger partial charge in [0.1, 0.15) is 0 Å². The van der Waals surface area contributed by atoms with Gasteiger partial charge in [0.2, 0.25) is 11.8 Å². The Balaban J connectivity index is 2.93. The van der Waals surface area contributed by atoms with Crippen LogP contribution in [-0.2, 0) is 9.59 Å². The molecule has 6 heteroatoms. The SMILES string of the molecule is CC(=O)NC1=NN(C(C)=O)C(C)=C(C)S1. The second-order valence-electron chi connectivity index (χ2n) is 3.16. The second kappa shape index (κ2) is 4.48. The maximum atomic E-state index is 11.2. The summed E-state index contributed by atoms with van der Waals surface area (Å²) in [7, 11) is 0. The molecule has 0 aromatic rings. The van der Waals surface area contributed by atoms with E-state index in [1.165, 1.54) is 30.6 Å². The number of hydrazone groups is 1. The first kappa shape index (κ1) is 11.8. The van der Waals surface area contributed by atoms with E-state index < -0.39 is 0 Å². The van der Waals surface area contributed by atoms with E-state index in [0.29, 0.717) is 5.17 Å². The van der Waals surface area contributed by atoms with E-state index in [1.807, 2.05) is 13.8 Å². The van der Waals surface area contributed by atoms with Gasteiger partial charge in [0.05, 0.1) is 5.70 Å². The summed E-state index contributed by atoms with van der Waals surface area (Å²) in [5, 5.41) is 8.31. The highest BCUT2D eigenvalue weighted by atomic mass is 32.2. The van der Waals surface area contributed by atoms with Gasteiger partial charge in [-0.1, -0.05) is 11.8 Å². The van der Waals surface area contributed by atoms with E-state index in [1.54, 1.807) is 0 Å². The van der Waals surface area contributed by atoms with Crippen molar-refractivity contribution in [3.8, 4) is 0 Å². The zero-order chi connectivity index (χ0) is 11.6. The minimum absolute atomic E-state index is 0.171. The van der Waals surface area contributed by atoms with Crippen molar-refractivity contribution in [2.75, 3.05) is 0 Å². The van der Waals surface area contributed by atoms with Gasteiger partial charge in [0.25, 0.3) is 0 Å². The molecular weight excluding hydrogens is 214 g/mol. The zero-order valence-electron chi connectivity index (χ0n) is 9.12. The highest BCUT2D eigenvalue weighted by molar-refractivity contribution is 8.17. The van der Waals surface area contributed by atoms with Crippen molar-refractivity contribution in [2.24, 2.45) is 5.10 Å². The van der Waals surface area contributed by atoms with Gasteiger partial charge in [-0.05, 0) is 13.8 Å². The molecule has 1 rings (SSSR count). The fourth-order valence-corrected chi connectivity index (χ4v) is 1.90. The topological polar surface area (TPSA) is 61.8 Å². The normalized spacial score (nSPS) is 16.3. The third kappa shape index (κ3) is 2.82. The van der Waals surface area contributed by atoms with Crippen LogP contribution in [0.4, 0.5) is 0 Å². The van der Waals surface area contributed by atoms with Crippen LogP contribution in [0.5, 0.6) is 0 Å². The van der Waals surface area contributed by atoms with Crippen LogP contribution in [0.2, 0.25) is 0 Å². The molecule has 0 unspecified atom stereocenters. The Kier molecular flexibility index (Phi) is 3.52. The molecule has 0 aliphatic carbocycles. The smallest absolute Gasteiger partial charge is 0.244 e. The van der Waals surface area contributed by atoms with Crippen LogP contribution in [0, 0.1) is 0 Å². The monoisotopic (exact) mass is 227 g/mol. The lowest BCUT2D eigenvalue weighted by Gasteiger charge is -2.24. The predicted molar refractivity (Wildman–Crippen MR) is 59.7 cm³/mol. The summed E-state index contributed by atoms with van der Waals surface area (Å²) in [6.45, 7) is 6.54. The van der Waals surface area contributed by atoms with Crippen LogP contribution in [0.25, 0.3) is 0 Å². The fraction of sp³-hybridized carbons (Fsp3) is 0.444. The molecular formula is C9H13N3O2S. The van der Waals surface area contributed by atoms with Gasteiger partial charge in [-0.2, -0.15) is 0 Å². The highest BCUT2D eigenvalue weighted by Gasteiger charge is 2.20. The summed E-state index contributed by atoms with van der Waals surface area (Å²) in [6, 6.07) is 0. The Labute approximate surface area is 92.6 Å². The van der Waals surface area contributed by atoms with Crippen molar-refractivity contribution in [3.05, 3.63) is 10.6 Å². The summed E-state index contributed by atoms with van der Waals surface area (Å²) in [6.07, 6.45) is 0. The number of amidine groups is 1. The molecule has 1 heterocycles. The lowest BCUT2D eigenvalue weighted by atomic mass is 10.4. The summed E-state index contributed by atoms with van der Waals surface area (Å²) in [5.41, 5.74) is 0.793. The van der Waals surface area contributed by atoms with Gasteiger partial charge in [-0.15, -0.1) is 5.10 Å². The minimum Gasteiger partial charge on any atom is -0.304 e. The quantitative estimate of drug-likeness (QED) is 0.677. The lowest BCUT2D eigenvalue weighted by molar-refractivity contribution is -0.127. The molecule has 0 aromatic carbocycles. The molecule has 0 bridgehead atoms. The minimum atomic E-state index is -0.197. The number of thioether (sulfide) groups is 1. The van der Waals surface area contributed by atoms with Gasteiger partial charge in [0.15, 0.2) is 5.17 Å². The molecule has 15 heavy (non-hydrogen) atoms. The molecule has 0 saturated carbocycles. The molecule has 0 spiro atoms. The lowest BCUT2D eigenvalue weighted by Crippen LogP contribution is -2.33. The van der Waals surface area contributed by atoms with Crippen molar-refractivity contribution in [3.63, 3.8) is 0 Å². The van der Waals surface area contributed by atoms with E-state index in [4.69, 9.17) is 0 Å². The standard InChI is InChI=1S/C9H13N3O2S/c1-5-6(2)15-9(10-7(3)13)11-12(5)8(4)14/h1-4H3,(H,10,11,13).